The van der Waals surface area contributed by atoms with Crippen LogP contribution in [0.4, 0.5) is 13.6 Å². The second-order valence-corrected chi connectivity index (χ2v) is 8.04. The molecule has 192 valence electrons. The van der Waals surface area contributed by atoms with Crippen molar-refractivity contribution in [1.29, 1.82) is 0 Å². The Morgan fingerprint density at radius 2 is 2.11 bits per heavy atom. The van der Waals surface area contributed by atoms with Crippen molar-refractivity contribution >= 4 is 18.0 Å². The molecule has 2 atom stereocenters. The van der Waals surface area contributed by atoms with Crippen LogP contribution in [0.5, 0.6) is 0 Å². The minimum atomic E-state index is -1.47. The molecule has 11 nitrogen and oxygen atoms in total. The minimum Gasteiger partial charge on any atom is -0.463 e. The van der Waals surface area contributed by atoms with Crippen LogP contribution in [0, 0.1) is 11.6 Å². The summed E-state index contributed by atoms with van der Waals surface area (Å²) < 4.78 is 45.2. The van der Waals surface area contributed by atoms with Crippen LogP contribution in [-0.4, -0.2) is 76.7 Å². The third-order valence-corrected chi connectivity index (χ3v) is 5.70. The number of imidazole rings is 1. The van der Waals surface area contributed by atoms with Crippen molar-refractivity contribution in [1.82, 2.24) is 19.8 Å². The Morgan fingerprint density at radius 3 is 2.78 bits per heavy atom. The number of benzene rings is 1. The number of aryl methyl sites for hydroxylation is 1. The zero-order valence-electron chi connectivity index (χ0n) is 19.6. The van der Waals surface area contributed by atoms with E-state index in [1.54, 1.807) is 35.8 Å². The van der Waals surface area contributed by atoms with E-state index in [2.05, 4.69) is 15.3 Å². The lowest BCUT2D eigenvalue weighted by Gasteiger charge is -2.36. The first kappa shape index (κ1) is 25.3. The quantitative estimate of drug-likeness (QED) is 0.543. The summed E-state index contributed by atoms with van der Waals surface area (Å²) in [6.07, 6.45) is 0.872. The second-order valence-electron chi connectivity index (χ2n) is 8.04. The predicted molar refractivity (Wildman–Crippen MR) is 121 cm³/mol. The summed E-state index contributed by atoms with van der Waals surface area (Å²) in [6.45, 7) is 2.36. The number of nitrogens with zero attached hydrogens (tertiary/aromatic N) is 4. The van der Waals surface area contributed by atoms with Crippen LogP contribution in [0.1, 0.15) is 24.4 Å². The first-order valence-electron chi connectivity index (χ1n) is 11.2. The normalized spacial score (nSPS) is 20.5. The Hall–Kier alpha value is -3.84. The number of carbonyl (C=O) groups excluding carboxylic acids is 1. The number of hydrogen-bond donors (Lipinski definition) is 2. The van der Waals surface area contributed by atoms with Gasteiger partial charge in [-0.1, -0.05) is 6.07 Å². The Bertz CT molecular complexity index is 1210. The van der Waals surface area contributed by atoms with Gasteiger partial charge >= 0.3 is 12.1 Å². The molecular formula is C23H25F2N5O6. The summed E-state index contributed by atoms with van der Waals surface area (Å²) in [5.41, 5.74) is 0.626. The van der Waals surface area contributed by atoms with Gasteiger partial charge in [0, 0.05) is 38.2 Å². The molecule has 0 saturated carbocycles. The van der Waals surface area contributed by atoms with E-state index in [1.807, 2.05) is 0 Å². The summed E-state index contributed by atoms with van der Waals surface area (Å²) in [5, 5.41) is 12.3. The van der Waals surface area contributed by atoms with Crippen molar-refractivity contribution in [2.24, 2.45) is 12.0 Å². The molecule has 1 aromatic heterocycles. The highest BCUT2D eigenvalue weighted by molar-refractivity contribution is 6.01. The van der Waals surface area contributed by atoms with Crippen molar-refractivity contribution in [3.8, 4) is 0 Å². The van der Waals surface area contributed by atoms with E-state index < -0.39 is 36.0 Å². The molecule has 0 aliphatic carbocycles. The maximum Gasteiger partial charge on any atom is 0.507 e. The monoisotopic (exact) mass is 505 g/mol. The van der Waals surface area contributed by atoms with Gasteiger partial charge in [0.25, 0.3) is 0 Å². The Labute approximate surface area is 205 Å². The molecule has 2 aliphatic rings. The largest absolute Gasteiger partial charge is 0.507 e. The van der Waals surface area contributed by atoms with Crippen molar-refractivity contribution in [3.63, 3.8) is 0 Å². The zero-order chi connectivity index (χ0) is 25.8. The number of carboxylic acid groups (broad SMARTS) is 1. The highest BCUT2D eigenvalue weighted by Crippen LogP contribution is 2.33. The van der Waals surface area contributed by atoms with E-state index in [-0.39, 0.29) is 36.7 Å². The molecule has 36 heavy (non-hydrogen) atoms. The molecule has 0 unspecified atom stereocenters. The van der Waals surface area contributed by atoms with Gasteiger partial charge in [-0.05, 0) is 24.6 Å². The number of hydrogen-bond acceptors (Lipinski definition) is 9. The first-order valence-corrected chi connectivity index (χ1v) is 11.2. The highest BCUT2D eigenvalue weighted by atomic mass is 19.2. The molecule has 2 aromatic rings. The number of rotatable bonds is 7. The van der Waals surface area contributed by atoms with Gasteiger partial charge in [0.15, 0.2) is 29.5 Å². The van der Waals surface area contributed by atoms with Crippen LogP contribution >= 0.6 is 0 Å². The number of aliphatic imine (C=N–C) groups is 1. The summed E-state index contributed by atoms with van der Waals surface area (Å²) >= 11 is 0. The fourth-order valence-electron chi connectivity index (χ4n) is 4.02. The smallest absolute Gasteiger partial charge is 0.463 e. The number of aromatic nitrogens is 2. The average molecular weight is 505 g/mol. The van der Waals surface area contributed by atoms with Crippen LogP contribution in [-0.2, 0) is 26.1 Å². The molecule has 1 saturated heterocycles. The van der Waals surface area contributed by atoms with E-state index in [1.165, 1.54) is 6.07 Å². The number of amidine groups is 1. The van der Waals surface area contributed by atoms with Crippen LogP contribution in [0.3, 0.4) is 0 Å². The molecule has 0 bridgehead atoms. The van der Waals surface area contributed by atoms with Gasteiger partial charge in [-0.25, -0.2) is 23.4 Å². The van der Waals surface area contributed by atoms with Crippen molar-refractivity contribution < 1.29 is 37.7 Å². The van der Waals surface area contributed by atoms with Gasteiger partial charge in [0.05, 0.1) is 25.4 Å². The van der Waals surface area contributed by atoms with Crippen LogP contribution in [0.2, 0.25) is 0 Å². The Morgan fingerprint density at radius 1 is 1.31 bits per heavy atom. The van der Waals surface area contributed by atoms with Crippen LogP contribution in [0.25, 0.3) is 0 Å². The van der Waals surface area contributed by atoms with Crippen molar-refractivity contribution in [3.05, 3.63) is 64.9 Å². The van der Waals surface area contributed by atoms with E-state index in [9.17, 15) is 18.4 Å². The number of carbonyl (C=O) groups is 2. The number of esters is 1. The standard InChI is InChI=1S/C23H25F2N5O6/c1-3-35-22(31)18-16(11-30-8-9-34-12-17(30)36-23(32)33)27-20(21-26-6-7-29(21)2)28-19(18)13-4-5-14(24)15(25)10-13/h4-7,10,17,19H,3,8-9,11-12H2,1-2H3,(H,27,28)(H,32,33)/t17-,19-/m0/s1. The number of morpholine rings is 1. The fourth-order valence-corrected chi connectivity index (χ4v) is 4.02. The topological polar surface area (TPSA) is 128 Å². The Balaban J connectivity index is 1.82. The molecule has 2 N–H and O–H groups in total. The van der Waals surface area contributed by atoms with Crippen molar-refractivity contribution in [2.75, 3.05) is 32.9 Å². The third-order valence-electron chi connectivity index (χ3n) is 5.70. The van der Waals surface area contributed by atoms with Crippen molar-refractivity contribution in [2.45, 2.75) is 19.2 Å². The first-order chi connectivity index (χ1) is 17.3. The summed E-state index contributed by atoms with van der Waals surface area (Å²) in [4.78, 5) is 35.0. The van der Waals surface area contributed by atoms with Gasteiger partial charge in [0.2, 0.25) is 0 Å². The molecular weight excluding hydrogens is 480 g/mol. The molecule has 1 fully saturated rings. The third kappa shape index (κ3) is 5.36. The number of ether oxygens (including phenoxy) is 3. The summed E-state index contributed by atoms with van der Waals surface area (Å²) in [5.74, 6) is -2.12. The maximum atomic E-state index is 14.2. The van der Waals surface area contributed by atoms with Gasteiger partial charge in [-0.3, -0.25) is 9.89 Å². The van der Waals surface area contributed by atoms with E-state index >= 15 is 0 Å². The summed E-state index contributed by atoms with van der Waals surface area (Å²) in [7, 11) is 1.75. The van der Waals surface area contributed by atoms with E-state index in [0.717, 1.165) is 12.1 Å². The lowest BCUT2D eigenvalue weighted by Crippen LogP contribution is -2.50. The Kier molecular flexibility index (Phi) is 7.60. The number of halogens is 2. The SMILES string of the molecule is CCOC(=O)C1=C(CN2CCOC[C@@H]2OC(=O)O)NC(c2nccn2C)=N[C@H]1c1ccc(F)c(F)c1. The molecule has 4 rings (SSSR count). The summed E-state index contributed by atoms with van der Waals surface area (Å²) in [6, 6.07) is 2.23. The lowest BCUT2D eigenvalue weighted by atomic mass is 9.95. The number of nitrogens with one attached hydrogen (secondary N) is 1. The van der Waals surface area contributed by atoms with Gasteiger partial charge in [-0.15, -0.1) is 0 Å². The second kappa shape index (κ2) is 10.8. The van der Waals surface area contributed by atoms with E-state index in [4.69, 9.17) is 19.3 Å². The van der Waals surface area contributed by atoms with Crippen LogP contribution in [0.15, 0.2) is 46.9 Å². The zero-order valence-corrected chi connectivity index (χ0v) is 19.6. The molecule has 0 radical (unpaired) electrons. The molecule has 0 amide bonds. The molecule has 3 heterocycles. The van der Waals surface area contributed by atoms with Crippen LogP contribution < -0.4 is 5.32 Å². The molecule has 2 aliphatic heterocycles. The molecule has 13 heteroatoms. The van der Waals surface area contributed by atoms with E-state index in [0.29, 0.717) is 24.7 Å². The molecule has 1 aromatic carbocycles. The lowest BCUT2D eigenvalue weighted by molar-refractivity contribution is -0.139. The fraction of sp³-hybridized carbons (Fsp3) is 0.391. The maximum absolute atomic E-state index is 14.2. The van der Waals surface area contributed by atoms with Gasteiger partial charge < -0.3 is 29.2 Å². The minimum absolute atomic E-state index is 0.00122. The van der Waals surface area contributed by atoms with Gasteiger partial charge in [0.1, 0.15) is 6.04 Å². The van der Waals surface area contributed by atoms with Gasteiger partial charge in [-0.2, -0.15) is 0 Å². The average Bonchev–Trinajstić information content (AvgIpc) is 3.27. The molecule has 0 spiro atoms. The highest BCUT2D eigenvalue weighted by Gasteiger charge is 2.36. The predicted octanol–water partition coefficient (Wildman–Crippen LogP) is 1.96.